The summed E-state index contributed by atoms with van der Waals surface area (Å²) in [6, 6.07) is 0.259. The number of ether oxygens (including phenoxy) is 1. The molecular formula is C14H22ClN3O2. The van der Waals surface area contributed by atoms with E-state index >= 15 is 0 Å². The minimum atomic E-state index is -0.277. The SMILES string of the molecule is CCC1(CC)CC(Nc2cnn(C)c(=O)c2Cl)CCO1. The number of nitrogens with zero attached hydrogens (tertiary/aromatic N) is 2. The van der Waals surface area contributed by atoms with Gasteiger partial charge in [0.25, 0.3) is 5.56 Å². The van der Waals surface area contributed by atoms with Gasteiger partial charge in [-0.25, -0.2) is 4.68 Å². The van der Waals surface area contributed by atoms with Gasteiger partial charge in [0.15, 0.2) is 0 Å². The van der Waals surface area contributed by atoms with Crippen LogP contribution in [0.1, 0.15) is 39.5 Å². The quantitative estimate of drug-likeness (QED) is 0.928. The predicted molar refractivity (Wildman–Crippen MR) is 80.4 cm³/mol. The number of anilines is 1. The Morgan fingerprint density at radius 3 is 2.90 bits per heavy atom. The predicted octanol–water partition coefficient (Wildman–Crippen LogP) is 2.58. The second-order valence-electron chi connectivity index (χ2n) is 5.37. The summed E-state index contributed by atoms with van der Waals surface area (Å²) in [7, 11) is 1.59. The maximum Gasteiger partial charge on any atom is 0.287 e. The molecule has 0 aromatic carbocycles. The van der Waals surface area contributed by atoms with Gasteiger partial charge in [-0.3, -0.25) is 4.79 Å². The molecular weight excluding hydrogens is 278 g/mol. The van der Waals surface area contributed by atoms with Gasteiger partial charge < -0.3 is 10.1 Å². The Bertz CT molecular complexity index is 526. The van der Waals surface area contributed by atoms with Crippen molar-refractivity contribution in [2.45, 2.75) is 51.2 Å². The van der Waals surface area contributed by atoms with Gasteiger partial charge in [-0.05, 0) is 25.7 Å². The third-order valence-corrected chi connectivity index (χ3v) is 4.58. The fraction of sp³-hybridized carbons (Fsp3) is 0.714. The molecule has 2 rings (SSSR count). The second kappa shape index (κ2) is 6.14. The molecule has 5 nitrogen and oxygen atoms in total. The van der Waals surface area contributed by atoms with E-state index in [9.17, 15) is 4.79 Å². The molecule has 112 valence electrons. The number of rotatable bonds is 4. The van der Waals surface area contributed by atoms with Crippen LogP contribution < -0.4 is 10.9 Å². The van der Waals surface area contributed by atoms with Crippen LogP contribution in [0.15, 0.2) is 11.0 Å². The summed E-state index contributed by atoms with van der Waals surface area (Å²) in [6.07, 6.45) is 5.42. The number of hydrogen-bond acceptors (Lipinski definition) is 4. The fourth-order valence-electron chi connectivity index (χ4n) is 2.72. The van der Waals surface area contributed by atoms with E-state index < -0.39 is 0 Å². The highest BCUT2D eigenvalue weighted by Gasteiger charge is 2.34. The normalized spacial score (nSPS) is 21.7. The van der Waals surface area contributed by atoms with E-state index in [-0.39, 0.29) is 22.2 Å². The van der Waals surface area contributed by atoms with Gasteiger partial charge in [-0.2, -0.15) is 5.10 Å². The van der Waals surface area contributed by atoms with Crippen molar-refractivity contribution in [2.24, 2.45) is 7.05 Å². The van der Waals surface area contributed by atoms with Crippen molar-refractivity contribution in [3.8, 4) is 0 Å². The molecule has 6 heteroatoms. The lowest BCUT2D eigenvalue weighted by molar-refractivity contribution is -0.0864. The van der Waals surface area contributed by atoms with Crippen LogP contribution in [0.25, 0.3) is 0 Å². The molecule has 1 saturated heterocycles. The topological polar surface area (TPSA) is 56.2 Å². The molecule has 1 aliphatic rings. The summed E-state index contributed by atoms with van der Waals surface area (Å²) in [6.45, 7) is 5.03. The van der Waals surface area contributed by atoms with Crippen LogP contribution in [0.5, 0.6) is 0 Å². The molecule has 0 radical (unpaired) electrons. The Balaban J connectivity index is 2.14. The Labute approximate surface area is 124 Å². The minimum absolute atomic E-state index is 0.0600. The summed E-state index contributed by atoms with van der Waals surface area (Å²) < 4.78 is 7.19. The van der Waals surface area contributed by atoms with E-state index in [0.717, 1.165) is 32.3 Å². The van der Waals surface area contributed by atoms with Crippen molar-refractivity contribution in [2.75, 3.05) is 11.9 Å². The summed E-state index contributed by atoms with van der Waals surface area (Å²) in [4.78, 5) is 11.8. The average Bonchev–Trinajstić information content (AvgIpc) is 2.48. The second-order valence-corrected chi connectivity index (χ2v) is 5.75. The lowest BCUT2D eigenvalue weighted by Crippen LogP contribution is -2.43. The van der Waals surface area contributed by atoms with Crippen molar-refractivity contribution >= 4 is 17.3 Å². The minimum Gasteiger partial charge on any atom is -0.379 e. The number of aromatic nitrogens is 2. The Morgan fingerprint density at radius 2 is 2.25 bits per heavy atom. The number of hydrogen-bond donors (Lipinski definition) is 1. The standard InChI is InChI=1S/C14H22ClN3O2/c1-4-14(5-2)8-10(6-7-20-14)17-11-9-16-18(3)13(19)12(11)15/h9-10,17H,4-8H2,1-3H3. The third kappa shape index (κ3) is 2.99. The summed E-state index contributed by atoms with van der Waals surface area (Å²) in [5.41, 5.74) is 0.277. The number of aryl methyl sites for hydroxylation is 1. The molecule has 20 heavy (non-hydrogen) atoms. The maximum atomic E-state index is 11.8. The van der Waals surface area contributed by atoms with Crippen molar-refractivity contribution in [3.63, 3.8) is 0 Å². The van der Waals surface area contributed by atoms with E-state index in [0.29, 0.717) is 5.69 Å². The fourth-order valence-corrected chi connectivity index (χ4v) is 2.95. The van der Waals surface area contributed by atoms with Gasteiger partial charge in [0, 0.05) is 19.7 Å². The largest absolute Gasteiger partial charge is 0.379 e. The summed E-state index contributed by atoms with van der Waals surface area (Å²) in [5, 5.41) is 7.56. The molecule has 0 spiro atoms. The van der Waals surface area contributed by atoms with Gasteiger partial charge in [0.2, 0.25) is 0 Å². The van der Waals surface area contributed by atoms with Crippen LogP contribution in [0, 0.1) is 0 Å². The van der Waals surface area contributed by atoms with Crippen molar-refractivity contribution in [3.05, 3.63) is 21.6 Å². The van der Waals surface area contributed by atoms with E-state index in [1.807, 2.05) is 0 Å². The van der Waals surface area contributed by atoms with Gasteiger partial charge in [-0.15, -0.1) is 0 Å². The Hall–Kier alpha value is -1.07. The summed E-state index contributed by atoms with van der Waals surface area (Å²) >= 11 is 6.09. The molecule has 0 bridgehead atoms. The molecule has 1 aromatic rings. The monoisotopic (exact) mass is 299 g/mol. The molecule has 1 fully saturated rings. The van der Waals surface area contributed by atoms with Gasteiger partial charge >= 0.3 is 0 Å². The van der Waals surface area contributed by atoms with Gasteiger partial charge in [0.1, 0.15) is 5.02 Å². The van der Waals surface area contributed by atoms with Gasteiger partial charge in [-0.1, -0.05) is 25.4 Å². The van der Waals surface area contributed by atoms with Crippen LogP contribution >= 0.6 is 11.6 Å². The average molecular weight is 300 g/mol. The third-order valence-electron chi connectivity index (χ3n) is 4.22. The first-order valence-electron chi connectivity index (χ1n) is 7.13. The van der Waals surface area contributed by atoms with Crippen molar-refractivity contribution in [1.82, 2.24) is 9.78 Å². The van der Waals surface area contributed by atoms with E-state index in [1.165, 1.54) is 4.68 Å². The smallest absolute Gasteiger partial charge is 0.287 e. The highest BCUT2D eigenvalue weighted by atomic mass is 35.5. The van der Waals surface area contributed by atoms with E-state index in [2.05, 4.69) is 24.3 Å². The van der Waals surface area contributed by atoms with Crippen molar-refractivity contribution < 1.29 is 4.74 Å². The lowest BCUT2D eigenvalue weighted by atomic mass is 9.86. The number of halogens is 1. The highest BCUT2D eigenvalue weighted by Crippen LogP contribution is 2.33. The lowest BCUT2D eigenvalue weighted by Gasteiger charge is -2.40. The summed E-state index contributed by atoms with van der Waals surface area (Å²) in [5.74, 6) is 0. The Morgan fingerprint density at radius 1 is 1.55 bits per heavy atom. The molecule has 1 N–H and O–H groups in total. The van der Waals surface area contributed by atoms with E-state index in [4.69, 9.17) is 16.3 Å². The first kappa shape index (κ1) is 15.3. The first-order valence-corrected chi connectivity index (χ1v) is 7.51. The molecule has 2 heterocycles. The van der Waals surface area contributed by atoms with Crippen LogP contribution in [0.2, 0.25) is 5.02 Å². The molecule has 0 aliphatic carbocycles. The van der Waals surface area contributed by atoms with Gasteiger partial charge in [0.05, 0.1) is 17.5 Å². The molecule has 1 aromatic heterocycles. The molecule has 1 aliphatic heterocycles. The highest BCUT2D eigenvalue weighted by molar-refractivity contribution is 6.32. The molecule has 1 atom stereocenters. The Kier molecular flexibility index (Phi) is 4.70. The molecule has 0 saturated carbocycles. The zero-order chi connectivity index (χ0) is 14.8. The first-order chi connectivity index (χ1) is 9.51. The van der Waals surface area contributed by atoms with Crippen LogP contribution in [0.3, 0.4) is 0 Å². The maximum absolute atomic E-state index is 11.8. The van der Waals surface area contributed by atoms with E-state index in [1.54, 1.807) is 13.2 Å². The van der Waals surface area contributed by atoms with Crippen LogP contribution in [-0.2, 0) is 11.8 Å². The number of nitrogens with one attached hydrogen (secondary N) is 1. The van der Waals surface area contributed by atoms with Crippen molar-refractivity contribution in [1.29, 1.82) is 0 Å². The zero-order valence-electron chi connectivity index (χ0n) is 12.3. The molecule has 0 amide bonds. The van der Waals surface area contributed by atoms with Crippen LogP contribution in [-0.4, -0.2) is 28.0 Å². The molecule has 1 unspecified atom stereocenters. The zero-order valence-corrected chi connectivity index (χ0v) is 13.0. The van der Waals surface area contributed by atoms with Crippen LogP contribution in [0.4, 0.5) is 5.69 Å².